The molecule has 0 aliphatic heterocycles. The molecule has 5 N–H and O–H groups in total. The van der Waals surface area contributed by atoms with Crippen molar-refractivity contribution >= 4 is 60.9 Å². The molecular formula is C29H38N7NaO7S2. The van der Waals surface area contributed by atoms with Crippen molar-refractivity contribution in [3.63, 3.8) is 0 Å². The van der Waals surface area contributed by atoms with Crippen molar-refractivity contribution in [3.8, 4) is 0 Å². The van der Waals surface area contributed by atoms with Gasteiger partial charge < -0.3 is 17.4 Å². The molecule has 0 bridgehead atoms. The topological polar surface area (TPSA) is 205 Å². The summed E-state index contributed by atoms with van der Waals surface area (Å²) in [6.07, 6.45) is 1.75. The number of para-hydroxylation sites is 1. The molecule has 0 radical (unpaired) electrons. The SMILES string of the molecule is CCC(=O)NS(=O)(=O)c1cccc(Nc2ncc(C)c(Nc3ccccc3CNC(=O)CCS(=O)(=O)NC(=O)C(C)CC)n2)c1.[H-].[Na+]. The summed E-state index contributed by atoms with van der Waals surface area (Å²) in [5, 5.41) is 8.89. The first-order chi connectivity index (χ1) is 21.2. The summed E-state index contributed by atoms with van der Waals surface area (Å²) in [5.41, 5.74) is 2.39. The quantitative estimate of drug-likeness (QED) is 0.136. The summed E-state index contributed by atoms with van der Waals surface area (Å²) in [6, 6.07) is 13.0. The van der Waals surface area contributed by atoms with Crippen LogP contribution >= 0.6 is 0 Å². The molecule has 3 aromatic rings. The summed E-state index contributed by atoms with van der Waals surface area (Å²) in [4.78, 5) is 44.7. The fourth-order valence-electron chi connectivity index (χ4n) is 3.70. The first-order valence-corrected chi connectivity index (χ1v) is 17.3. The van der Waals surface area contributed by atoms with E-state index in [4.69, 9.17) is 0 Å². The molecule has 17 heteroatoms. The monoisotopic (exact) mass is 683 g/mol. The molecule has 0 saturated heterocycles. The molecule has 1 heterocycles. The number of nitrogens with zero attached hydrogens (tertiary/aromatic N) is 2. The average Bonchev–Trinajstić information content (AvgIpc) is 3.00. The Morgan fingerprint density at radius 1 is 0.935 bits per heavy atom. The van der Waals surface area contributed by atoms with E-state index in [2.05, 4.69) is 25.9 Å². The van der Waals surface area contributed by atoms with Crippen LogP contribution in [0.5, 0.6) is 0 Å². The van der Waals surface area contributed by atoms with E-state index in [1.807, 2.05) is 9.44 Å². The molecule has 0 aliphatic carbocycles. The summed E-state index contributed by atoms with van der Waals surface area (Å²) in [7, 11) is -8.00. The summed E-state index contributed by atoms with van der Waals surface area (Å²) < 4.78 is 53.4. The van der Waals surface area contributed by atoms with Crippen LogP contribution in [0.4, 0.5) is 23.1 Å². The van der Waals surface area contributed by atoms with E-state index >= 15 is 0 Å². The van der Waals surface area contributed by atoms with Gasteiger partial charge in [0.15, 0.2) is 0 Å². The molecule has 3 amide bonds. The van der Waals surface area contributed by atoms with Crippen LogP contribution in [0.2, 0.25) is 0 Å². The van der Waals surface area contributed by atoms with Crippen LogP contribution in [0.3, 0.4) is 0 Å². The second kappa shape index (κ2) is 17.4. The van der Waals surface area contributed by atoms with Gasteiger partial charge in [0, 0.05) is 48.4 Å². The number of sulfonamides is 2. The molecular weight excluding hydrogens is 645 g/mol. The minimum atomic E-state index is -4.05. The van der Waals surface area contributed by atoms with Crippen LogP contribution < -0.4 is 55.0 Å². The number of rotatable bonds is 15. The molecule has 3 rings (SSSR count). The number of carbonyl (C=O) groups excluding carboxylic acids is 3. The first kappa shape index (κ1) is 38.6. The Kier molecular flexibility index (Phi) is 14.6. The van der Waals surface area contributed by atoms with E-state index in [0.29, 0.717) is 34.7 Å². The molecule has 0 saturated carbocycles. The summed E-state index contributed by atoms with van der Waals surface area (Å²) in [5.74, 6) is -2.11. The van der Waals surface area contributed by atoms with Crippen molar-refractivity contribution in [2.24, 2.45) is 5.92 Å². The zero-order valence-corrected chi connectivity index (χ0v) is 30.0. The molecule has 2 aromatic carbocycles. The van der Waals surface area contributed by atoms with E-state index in [-0.39, 0.29) is 61.2 Å². The summed E-state index contributed by atoms with van der Waals surface area (Å²) in [6.45, 7) is 6.82. The van der Waals surface area contributed by atoms with Gasteiger partial charge in [0.05, 0.1) is 10.6 Å². The van der Waals surface area contributed by atoms with Gasteiger partial charge in [-0.2, -0.15) is 4.98 Å². The Morgan fingerprint density at radius 3 is 2.35 bits per heavy atom. The molecule has 14 nitrogen and oxygen atoms in total. The Morgan fingerprint density at radius 2 is 1.65 bits per heavy atom. The fraction of sp³-hybridized carbons (Fsp3) is 0.345. The maximum atomic E-state index is 12.5. The van der Waals surface area contributed by atoms with Gasteiger partial charge in [-0.25, -0.2) is 26.5 Å². The Hall–Kier alpha value is -3.57. The zero-order valence-electron chi connectivity index (χ0n) is 27.4. The van der Waals surface area contributed by atoms with Crippen LogP contribution in [0, 0.1) is 12.8 Å². The zero-order chi connectivity index (χ0) is 33.2. The van der Waals surface area contributed by atoms with Gasteiger partial charge >= 0.3 is 29.6 Å². The normalized spacial score (nSPS) is 11.8. The first-order valence-electron chi connectivity index (χ1n) is 14.1. The van der Waals surface area contributed by atoms with Crippen molar-refractivity contribution in [1.29, 1.82) is 0 Å². The largest absolute Gasteiger partial charge is 1.00 e. The van der Waals surface area contributed by atoms with Gasteiger partial charge in [0.2, 0.25) is 33.7 Å². The molecule has 1 aromatic heterocycles. The fourth-order valence-corrected chi connectivity index (χ4v) is 5.87. The van der Waals surface area contributed by atoms with Gasteiger partial charge in [-0.15, -0.1) is 0 Å². The predicted octanol–water partition coefficient (Wildman–Crippen LogP) is 0.102. The van der Waals surface area contributed by atoms with Crippen molar-refractivity contribution in [1.82, 2.24) is 24.7 Å². The molecule has 0 aliphatic rings. The second-order valence-electron chi connectivity index (χ2n) is 10.2. The van der Waals surface area contributed by atoms with E-state index in [9.17, 15) is 31.2 Å². The molecule has 1 unspecified atom stereocenters. The Labute approximate surface area is 292 Å². The van der Waals surface area contributed by atoms with Crippen LogP contribution in [0.1, 0.15) is 52.6 Å². The predicted molar refractivity (Wildman–Crippen MR) is 171 cm³/mol. The summed E-state index contributed by atoms with van der Waals surface area (Å²) >= 11 is 0. The van der Waals surface area contributed by atoms with E-state index in [0.717, 1.165) is 0 Å². The minimum Gasteiger partial charge on any atom is -1.00 e. The number of hydrogen-bond donors (Lipinski definition) is 5. The van der Waals surface area contributed by atoms with Crippen molar-refractivity contribution in [3.05, 3.63) is 65.9 Å². The minimum absolute atomic E-state index is 0. The van der Waals surface area contributed by atoms with E-state index < -0.39 is 49.4 Å². The molecule has 1 atom stereocenters. The third kappa shape index (κ3) is 11.7. The molecule has 0 spiro atoms. The number of aryl methyl sites for hydroxylation is 1. The van der Waals surface area contributed by atoms with Crippen molar-refractivity contribution < 1.29 is 62.2 Å². The molecule has 0 fully saturated rings. The van der Waals surface area contributed by atoms with Crippen LogP contribution in [-0.4, -0.2) is 50.3 Å². The Bertz CT molecular complexity index is 1780. The number of aromatic nitrogens is 2. The van der Waals surface area contributed by atoms with Crippen molar-refractivity contribution in [2.45, 2.75) is 58.4 Å². The van der Waals surface area contributed by atoms with Crippen LogP contribution in [0.25, 0.3) is 0 Å². The van der Waals surface area contributed by atoms with Crippen LogP contribution in [-0.2, 0) is 41.0 Å². The number of hydrogen-bond acceptors (Lipinski definition) is 11. The maximum Gasteiger partial charge on any atom is 1.00 e. The number of nitrogens with one attached hydrogen (secondary N) is 5. The number of anilines is 4. The number of amides is 3. The van der Waals surface area contributed by atoms with Crippen LogP contribution in [0.15, 0.2) is 59.6 Å². The molecule has 244 valence electrons. The van der Waals surface area contributed by atoms with Crippen molar-refractivity contribution in [2.75, 3.05) is 16.4 Å². The number of benzene rings is 2. The van der Waals surface area contributed by atoms with E-state index in [1.165, 1.54) is 18.2 Å². The standard InChI is InChI=1S/C29H37N7O7S2.Na.H/c1-5-19(3)28(39)36-44(40,41)15-14-26(38)30-18-21-10-7-8-13-24(21)33-27-20(4)17-31-29(34-27)32-22-11-9-12-23(16-22)45(42,43)35-25(37)6-2;;/h7-13,16-17,19H,5-6,14-15,18H2,1-4H3,(H,30,38)(H,35,37)(H,36,39)(H2,31,32,33,34);;/q;+1;-1. The smallest absolute Gasteiger partial charge is 1.00 e. The average molecular weight is 684 g/mol. The number of carbonyl (C=O) groups is 3. The second-order valence-corrected chi connectivity index (χ2v) is 13.7. The van der Waals surface area contributed by atoms with Gasteiger partial charge in [-0.3, -0.25) is 19.1 Å². The molecule has 46 heavy (non-hydrogen) atoms. The van der Waals surface area contributed by atoms with Gasteiger partial charge in [0.25, 0.3) is 10.0 Å². The van der Waals surface area contributed by atoms with Gasteiger partial charge in [0.1, 0.15) is 5.82 Å². The third-order valence-corrected chi connectivity index (χ3v) is 9.23. The van der Waals surface area contributed by atoms with Gasteiger partial charge in [-0.05, 0) is 43.2 Å². The van der Waals surface area contributed by atoms with Gasteiger partial charge in [-0.1, -0.05) is 45.0 Å². The maximum absolute atomic E-state index is 12.5. The third-order valence-electron chi connectivity index (χ3n) is 6.60. The Balaban J connectivity index is 0.00000552. The van der Waals surface area contributed by atoms with E-state index in [1.54, 1.807) is 64.2 Å².